The molecule has 0 fully saturated rings. The van der Waals surface area contributed by atoms with Crippen molar-refractivity contribution in [2.45, 2.75) is 58.5 Å². The topological polar surface area (TPSA) is 96.0 Å². The van der Waals surface area contributed by atoms with Crippen LogP contribution in [0, 0.1) is 12.8 Å². The first-order valence-electron chi connectivity index (χ1n) is 14.1. The summed E-state index contributed by atoms with van der Waals surface area (Å²) in [5.74, 6) is 0.0642. The molecule has 8 nitrogen and oxygen atoms in total. The molecule has 0 saturated heterocycles. The SMILES string of the molecule is CCOc1ccc(N(CC(=O)N(Cc2cccc(C)c2)[C@H](CC)C(=O)NCC(C)C)S(=O)(=O)c2ccc(Br)cc2)cc1. The van der Waals surface area contributed by atoms with E-state index in [0.29, 0.717) is 31.0 Å². The molecule has 0 aliphatic heterocycles. The maximum Gasteiger partial charge on any atom is 0.264 e. The lowest BCUT2D eigenvalue weighted by Gasteiger charge is -2.33. The van der Waals surface area contributed by atoms with Gasteiger partial charge in [0.15, 0.2) is 0 Å². The van der Waals surface area contributed by atoms with Crippen LogP contribution in [0.15, 0.2) is 82.2 Å². The normalized spacial score (nSPS) is 12.1. The first kappa shape index (κ1) is 33.1. The number of hydrogen-bond donors (Lipinski definition) is 1. The minimum absolute atomic E-state index is 0.0411. The summed E-state index contributed by atoms with van der Waals surface area (Å²) in [5.41, 5.74) is 2.18. The van der Waals surface area contributed by atoms with E-state index in [4.69, 9.17) is 4.74 Å². The van der Waals surface area contributed by atoms with Gasteiger partial charge in [-0.3, -0.25) is 13.9 Å². The summed E-state index contributed by atoms with van der Waals surface area (Å²) in [6.07, 6.45) is 0.365. The van der Waals surface area contributed by atoms with Crippen molar-refractivity contribution in [3.63, 3.8) is 0 Å². The van der Waals surface area contributed by atoms with E-state index >= 15 is 0 Å². The van der Waals surface area contributed by atoms with Crippen LogP contribution in [0.3, 0.4) is 0 Å². The van der Waals surface area contributed by atoms with Gasteiger partial charge in [0.1, 0.15) is 18.3 Å². The summed E-state index contributed by atoms with van der Waals surface area (Å²) in [4.78, 5) is 29.0. The van der Waals surface area contributed by atoms with E-state index in [1.54, 1.807) is 36.4 Å². The number of ether oxygens (including phenoxy) is 1. The average molecular weight is 659 g/mol. The molecule has 0 aromatic heterocycles. The molecule has 0 saturated carbocycles. The fourth-order valence-corrected chi connectivity index (χ4v) is 6.17. The molecule has 42 heavy (non-hydrogen) atoms. The second-order valence-corrected chi connectivity index (χ2v) is 13.2. The zero-order valence-corrected chi connectivity index (χ0v) is 27.2. The largest absolute Gasteiger partial charge is 0.494 e. The van der Waals surface area contributed by atoms with Crippen molar-refractivity contribution in [3.8, 4) is 5.75 Å². The molecule has 3 aromatic carbocycles. The lowest BCUT2D eigenvalue weighted by atomic mass is 10.1. The summed E-state index contributed by atoms with van der Waals surface area (Å²) < 4.78 is 35.4. The smallest absolute Gasteiger partial charge is 0.264 e. The van der Waals surface area contributed by atoms with Crippen molar-refractivity contribution in [1.82, 2.24) is 10.2 Å². The number of carbonyl (C=O) groups excluding carboxylic acids is 2. The number of anilines is 1. The van der Waals surface area contributed by atoms with Gasteiger partial charge in [-0.2, -0.15) is 0 Å². The number of rotatable bonds is 14. The van der Waals surface area contributed by atoms with Gasteiger partial charge in [0.2, 0.25) is 11.8 Å². The zero-order chi connectivity index (χ0) is 30.9. The van der Waals surface area contributed by atoms with Crippen LogP contribution < -0.4 is 14.4 Å². The zero-order valence-electron chi connectivity index (χ0n) is 24.8. The molecule has 0 aliphatic carbocycles. The molecular formula is C32H40BrN3O5S. The van der Waals surface area contributed by atoms with Crippen LogP contribution in [0.5, 0.6) is 5.75 Å². The van der Waals surface area contributed by atoms with Gasteiger partial charge in [0.25, 0.3) is 10.0 Å². The van der Waals surface area contributed by atoms with Gasteiger partial charge in [-0.1, -0.05) is 66.5 Å². The van der Waals surface area contributed by atoms with Gasteiger partial charge in [-0.15, -0.1) is 0 Å². The molecule has 10 heteroatoms. The predicted molar refractivity (Wildman–Crippen MR) is 170 cm³/mol. The van der Waals surface area contributed by atoms with E-state index < -0.39 is 28.5 Å². The number of carbonyl (C=O) groups is 2. The Morgan fingerprint density at radius 1 is 0.976 bits per heavy atom. The first-order valence-corrected chi connectivity index (χ1v) is 16.3. The van der Waals surface area contributed by atoms with Crippen LogP contribution in [-0.4, -0.2) is 50.9 Å². The third kappa shape index (κ3) is 8.82. The van der Waals surface area contributed by atoms with Crippen molar-refractivity contribution in [3.05, 3.63) is 88.4 Å². The van der Waals surface area contributed by atoms with Gasteiger partial charge in [0.05, 0.1) is 17.2 Å². The molecule has 0 spiro atoms. The van der Waals surface area contributed by atoms with Crippen LogP contribution >= 0.6 is 15.9 Å². The van der Waals surface area contributed by atoms with E-state index in [-0.39, 0.29) is 23.3 Å². The summed E-state index contributed by atoms with van der Waals surface area (Å²) in [7, 11) is -4.15. The molecule has 0 radical (unpaired) electrons. The van der Waals surface area contributed by atoms with Crippen molar-refractivity contribution >= 4 is 43.5 Å². The van der Waals surface area contributed by atoms with Crippen LogP contribution in [0.4, 0.5) is 5.69 Å². The molecule has 0 unspecified atom stereocenters. The van der Waals surface area contributed by atoms with Gasteiger partial charge in [-0.05, 0) is 80.3 Å². The fraction of sp³-hybridized carbons (Fsp3) is 0.375. The molecule has 0 aliphatic rings. The Bertz CT molecular complexity index is 1440. The Labute approximate surface area is 258 Å². The number of nitrogens with one attached hydrogen (secondary N) is 1. The van der Waals surface area contributed by atoms with Crippen molar-refractivity contribution in [1.29, 1.82) is 0 Å². The predicted octanol–water partition coefficient (Wildman–Crippen LogP) is 5.93. The quantitative estimate of drug-likeness (QED) is 0.232. The van der Waals surface area contributed by atoms with Gasteiger partial charge >= 0.3 is 0 Å². The first-order chi connectivity index (χ1) is 20.0. The van der Waals surface area contributed by atoms with Crippen LogP contribution in [0.1, 0.15) is 45.2 Å². The number of amides is 2. The maximum atomic E-state index is 14.2. The third-order valence-electron chi connectivity index (χ3n) is 6.62. The van der Waals surface area contributed by atoms with Gasteiger partial charge in [-0.25, -0.2) is 8.42 Å². The molecular weight excluding hydrogens is 618 g/mol. The summed E-state index contributed by atoms with van der Waals surface area (Å²) in [6, 6.07) is 19.8. The number of aryl methyl sites for hydroxylation is 1. The second-order valence-electron chi connectivity index (χ2n) is 10.5. The highest BCUT2D eigenvalue weighted by Gasteiger charge is 2.33. The number of halogens is 1. The Morgan fingerprint density at radius 3 is 2.21 bits per heavy atom. The van der Waals surface area contributed by atoms with E-state index in [2.05, 4.69) is 21.2 Å². The van der Waals surface area contributed by atoms with E-state index in [9.17, 15) is 18.0 Å². The molecule has 3 aromatic rings. The van der Waals surface area contributed by atoms with Crippen LogP contribution in [0.25, 0.3) is 0 Å². The Balaban J connectivity index is 2.05. The summed E-state index contributed by atoms with van der Waals surface area (Å²) in [5, 5.41) is 2.95. The minimum Gasteiger partial charge on any atom is -0.494 e. The average Bonchev–Trinajstić information content (AvgIpc) is 2.95. The summed E-state index contributed by atoms with van der Waals surface area (Å²) >= 11 is 3.35. The van der Waals surface area contributed by atoms with E-state index in [1.807, 2.05) is 58.9 Å². The number of sulfonamides is 1. The Morgan fingerprint density at radius 2 is 1.64 bits per heavy atom. The second kappa shape index (κ2) is 15.2. The Kier molecular flexibility index (Phi) is 12.0. The Hall–Kier alpha value is -3.37. The monoisotopic (exact) mass is 657 g/mol. The van der Waals surface area contributed by atoms with Crippen molar-refractivity contribution in [2.75, 3.05) is 24.0 Å². The molecule has 0 heterocycles. The minimum atomic E-state index is -4.15. The third-order valence-corrected chi connectivity index (χ3v) is 8.94. The molecule has 3 rings (SSSR count). The fourth-order valence-electron chi connectivity index (χ4n) is 4.49. The van der Waals surface area contributed by atoms with Crippen LogP contribution in [-0.2, 0) is 26.2 Å². The highest BCUT2D eigenvalue weighted by atomic mass is 79.9. The maximum absolute atomic E-state index is 14.2. The molecule has 1 N–H and O–H groups in total. The van der Waals surface area contributed by atoms with Crippen LogP contribution in [0.2, 0.25) is 0 Å². The van der Waals surface area contributed by atoms with Gasteiger partial charge < -0.3 is 15.0 Å². The van der Waals surface area contributed by atoms with Crippen molar-refractivity contribution in [2.24, 2.45) is 5.92 Å². The van der Waals surface area contributed by atoms with Gasteiger partial charge in [0, 0.05) is 17.6 Å². The number of benzene rings is 3. The summed E-state index contributed by atoms with van der Waals surface area (Å²) in [6.45, 7) is 10.3. The van der Waals surface area contributed by atoms with E-state index in [0.717, 1.165) is 19.9 Å². The van der Waals surface area contributed by atoms with Crippen molar-refractivity contribution < 1.29 is 22.7 Å². The molecule has 226 valence electrons. The molecule has 0 bridgehead atoms. The highest BCUT2D eigenvalue weighted by molar-refractivity contribution is 9.10. The number of hydrogen-bond acceptors (Lipinski definition) is 5. The molecule has 1 atom stereocenters. The molecule has 2 amide bonds. The standard InChI is InChI=1S/C32H40BrN3O5S/c1-6-30(32(38)34-20-23(3)4)35(21-25-10-8-9-24(5)19-25)31(37)22-36(27-13-15-28(16-14-27)41-7-2)42(39,40)29-17-11-26(33)12-18-29/h8-19,23,30H,6-7,20-22H2,1-5H3,(H,34,38)/t30-/m1/s1. The van der Waals surface area contributed by atoms with E-state index in [1.165, 1.54) is 17.0 Å². The lowest BCUT2D eigenvalue weighted by Crippen LogP contribution is -2.52. The lowest BCUT2D eigenvalue weighted by molar-refractivity contribution is -0.140. The number of nitrogens with zero attached hydrogens (tertiary/aromatic N) is 2. The highest BCUT2D eigenvalue weighted by Crippen LogP contribution is 2.27.